The van der Waals surface area contributed by atoms with Crippen molar-refractivity contribution in [1.82, 2.24) is 20.1 Å². The van der Waals surface area contributed by atoms with Crippen molar-refractivity contribution in [3.05, 3.63) is 23.9 Å². The molecule has 0 spiro atoms. The molecule has 7 nitrogen and oxygen atoms in total. The summed E-state index contributed by atoms with van der Waals surface area (Å²) in [6.07, 6.45) is 4.09. The molecule has 2 aliphatic rings. The molecule has 0 saturated carbocycles. The van der Waals surface area contributed by atoms with Crippen LogP contribution in [-0.4, -0.2) is 72.5 Å². The smallest absolute Gasteiger partial charge is 0.317 e. The standard InChI is InChI=1S/C17H25N5O2/c1-2-18-17(24)22-11-9-21(10-12-22)16(23)14-5-6-15(19-13-14)20-7-3-4-8-20/h5-6,13H,2-4,7-12H2,1H3,(H,18,24). The molecule has 0 radical (unpaired) electrons. The van der Waals surface area contributed by atoms with Crippen LogP contribution in [0.2, 0.25) is 0 Å². The molecular weight excluding hydrogens is 306 g/mol. The maximum absolute atomic E-state index is 12.6. The SMILES string of the molecule is CCNC(=O)N1CCN(C(=O)c2ccc(N3CCCC3)nc2)CC1. The van der Waals surface area contributed by atoms with Gasteiger partial charge in [0.05, 0.1) is 5.56 Å². The van der Waals surface area contributed by atoms with E-state index in [-0.39, 0.29) is 11.9 Å². The fourth-order valence-electron chi connectivity index (χ4n) is 3.20. The van der Waals surface area contributed by atoms with Crippen LogP contribution in [0.4, 0.5) is 10.6 Å². The van der Waals surface area contributed by atoms with E-state index in [1.54, 1.807) is 16.0 Å². The maximum Gasteiger partial charge on any atom is 0.317 e. The van der Waals surface area contributed by atoms with Crippen molar-refractivity contribution in [1.29, 1.82) is 0 Å². The third-order valence-electron chi connectivity index (χ3n) is 4.61. The number of carbonyl (C=O) groups excluding carboxylic acids is 2. The average molecular weight is 331 g/mol. The van der Waals surface area contributed by atoms with Crippen LogP contribution < -0.4 is 10.2 Å². The van der Waals surface area contributed by atoms with E-state index in [9.17, 15) is 9.59 Å². The van der Waals surface area contributed by atoms with E-state index < -0.39 is 0 Å². The zero-order chi connectivity index (χ0) is 16.9. The van der Waals surface area contributed by atoms with Crippen molar-refractivity contribution in [3.8, 4) is 0 Å². The third-order valence-corrected chi connectivity index (χ3v) is 4.61. The molecule has 1 aromatic heterocycles. The number of rotatable bonds is 3. The van der Waals surface area contributed by atoms with Gasteiger partial charge in [-0.25, -0.2) is 9.78 Å². The number of pyridine rings is 1. The summed E-state index contributed by atoms with van der Waals surface area (Å²) in [5, 5.41) is 2.79. The summed E-state index contributed by atoms with van der Waals surface area (Å²) in [5.41, 5.74) is 0.615. The minimum absolute atomic E-state index is 0.00831. The fraction of sp³-hybridized carbons (Fsp3) is 0.588. The van der Waals surface area contributed by atoms with Gasteiger partial charge < -0.3 is 20.0 Å². The number of urea groups is 1. The monoisotopic (exact) mass is 331 g/mol. The number of hydrogen-bond donors (Lipinski definition) is 1. The summed E-state index contributed by atoms with van der Waals surface area (Å²) >= 11 is 0. The Balaban J connectivity index is 1.56. The zero-order valence-electron chi connectivity index (χ0n) is 14.2. The molecule has 7 heteroatoms. The van der Waals surface area contributed by atoms with Gasteiger partial charge in [0, 0.05) is 52.0 Å². The van der Waals surface area contributed by atoms with E-state index in [1.807, 2.05) is 19.1 Å². The highest BCUT2D eigenvalue weighted by Crippen LogP contribution is 2.18. The Hall–Kier alpha value is -2.31. The van der Waals surface area contributed by atoms with Crippen LogP contribution in [-0.2, 0) is 0 Å². The summed E-state index contributed by atoms with van der Waals surface area (Å²) in [6.45, 7) is 6.86. The number of aromatic nitrogens is 1. The van der Waals surface area contributed by atoms with Gasteiger partial charge in [0.15, 0.2) is 0 Å². The third kappa shape index (κ3) is 3.60. The molecule has 3 amide bonds. The topological polar surface area (TPSA) is 68.8 Å². The summed E-state index contributed by atoms with van der Waals surface area (Å²) in [7, 11) is 0. The molecule has 0 atom stereocenters. The van der Waals surface area contributed by atoms with Crippen molar-refractivity contribution in [3.63, 3.8) is 0 Å². The second-order valence-electron chi connectivity index (χ2n) is 6.21. The van der Waals surface area contributed by atoms with E-state index in [0.717, 1.165) is 18.9 Å². The first kappa shape index (κ1) is 16.5. The predicted octanol–water partition coefficient (Wildman–Crippen LogP) is 1.17. The molecule has 2 saturated heterocycles. The van der Waals surface area contributed by atoms with Crippen LogP contribution in [0.5, 0.6) is 0 Å². The first-order valence-electron chi connectivity index (χ1n) is 8.72. The quantitative estimate of drug-likeness (QED) is 0.903. The lowest BCUT2D eigenvalue weighted by Gasteiger charge is -2.34. The second-order valence-corrected chi connectivity index (χ2v) is 6.21. The Morgan fingerprint density at radius 1 is 1.04 bits per heavy atom. The molecule has 1 N–H and O–H groups in total. The van der Waals surface area contributed by atoms with Gasteiger partial charge >= 0.3 is 6.03 Å². The summed E-state index contributed by atoms with van der Waals surface area (Å²) in [5.74, 6) is 0.941. The van der Waals surface area contributed by atoms with Crippen molar-refractivity contribution in [2.75, 3.05) is 50.7 Å². The average Bonchev–Trinajstić information content (AvgIpc) is 3.16. The lowest BCUT2D eigenvalue weighted by Crippen LogP contribution is -2.53. The van der Waals surface area contributed by atoms with Gasteiger partial charge in [0.1, 0.15) is 5.82 Å². The highest BCUT2D eigenvalue weighted by Gasteiger charge is 2.25. The van der Waals surface area contributed by atoms with Crippen LogP contribution in [0.3, 0.4) is 0 Å². The van der Waals surface area contributed by atoms with E-state index in [0.29, 0.717) is 38.3 Å². The zero-order valence-corrected chi connectivity index (χ0v) is 14.2. The predicted molar refractivity (Wildman–Crippen MR) is 92.2 cm³/mol. The molecule has 1 aromatic rings. The van der Waals surface area contributed by atoms with Crippen LogP contribution in [0, 0.1) is 0 Å². The van der Waals surface area contributed by atoms with E-state index >= 15 is 0 Å². The number of hydrogen-bond acceptors (Lipinski definition) is 4. The molecule has 0 bridgehead atoms. The van der Waals surface area contributed by atoms with Crippen molar-refractivity contribution >= 4 is 17.8 Å². The van der Waals surface area contributed by atoms with E-state index in [4.69, 9.17) is 0 Å². The van der Waals surface area contributed by atoms with E-state index in [2.05, 4.69) is 15.2 Å². The molecule has 2 aliphatic heterocycles. The summed E-state index contributed by atoms with van der Waals surface area (Å²) in [4.78, 5) is 34.6. The van der Waals surface area contributed by atoms with Crippen molar-refractivity contribution in [2.24, 2.45) is 0 Å². The van der Waals surface area contributed by atoms with Gasteiger partial charge in [0.2, 0.25) is 0 Å². The molecule has 130 valence electrons. The van der Waals surface area contributed by atoms with Gasteiger partial charge in [-0.2, -0.15) is 0 Å². The largest absolute Gasteiger partial charge is 0.357 e. The van der Waals surface area contributed by atoms with Crippen LogP contribution in [0.25, 0.3) is 0 Å². The molecule has 0 aliphatic carbocycles. The molecule has 0 unspecified atom stereocenters. The first-order chi connectivity index (χ1) is 11.7. The van der Waals surface area contributed by atoms with Gasteiger partial charge in [-0.3, -0.25) is 4.79 Å². The Bertz CT molecular complexity index is 575. The van der Waals surface area contributed by atoms with Crippen molar-refractivity contribution in [2.45, 2.75) is 19.8 Å². The van der Waals surface area contributed by atoms with Gasteiger partial charge in [0.25, 0.3) is 5.91 Å². The molecule has 3 rings (SSSR count). The fourth-order valence-corrected chi connectivity index (χ4v) is 3.20. The molecule has 0 aromatic carbocycles. The Morgan fingerprint density at radius 2 is 1.71 bits per heavy atom. The number of nitrogens with zero attached hydrogens (tertiary/aromatic N) is 4. The van der Waals surface area contributed by atoms with Crippen molar-refractivity contribution < 1.29 is 9.59 Å². The lowest BCUT2D eigenvalue weighted by atomic mass is 10.2. The number of carbonyl (C=O) groups is 2. The van der Waals surface area contributed by atoms with E-state index in [1.165, 1.54) is 12.8 Å². The number of piperazine rings is 1. The highest BCUT2D eigenvalue weighted by molar-refractivity contribution is 5.94. The van der Waals surface area contributed by atoms with Gasteiger partial charge in [-0.15, -0.1) is 0 Å². The summed E-state index contributed by atoms with van der Waals surface area (Å²) < 4.78 is 0. The number of nitrogens with one attached hydrogen (secondary N) is 1. The molecular formula is C17H25N5O2. The molecule has 24 heavy (non-hydrogen) atoms. The van der Waals surface area contributed by atoms with Crippen LogP contribution in [0.1, 0.15) is 30.1 Å². The Morgan fingerprint density at radius 3 is 2.29 bits per heavy atom. The lowest BCUT2D eigenvalue weighted by molar-refractivity contribution is 0.0665. The van der Waals surface area contributed by atoms with Gasteiger partial charge in [-0.05, 0) is 31.9 Å². The molecule has 3 heterocycles. The Labute approximate surface area is 142 Å². The van der Waals surface area contributed by atoms with Crippen LogP contribution in [0.15, 0.2) is 18.3 Å². The maximum atomic E-state index is 12.6. The van der Waals surface area contributed by atoms with Gasteiger partial charge in [-0.1, -0.05) is 0 Å². The summed E-state index contributed by atoms with van der Waals surface area (Å²) in [6, 6.07) is 3.74. The molecule has 2 fully saturated rings. The normalized spacial score (nSPS) is 18.0. The number of anilines is 1. The highest BCUT2D eigenvalue weighted by atomic mass is 16.2. The second kappa shape index (κ2) is 7.51. The minimum atomic E-state index is -0.0544. The van der Waals surface area contributed by atoms with Crippen LogP contribution >= 0.6 is 0 Å². The Kier molecular flexibility index (Phi) is 5.17. The number of amides is 3. The minimum Gasteiger partial charge on any atom is -0.357 e. The first-order valence-corrected chi connectivity index (χ1v) is 8.72.